The molecule has 2 N–H and O–H groups in total. The predicted octanol–water partition coefficient (Wildman–Crippen LogP) is 3.05. The van der Waals surface area contributed by atoms with Crippen LogP contribution in [0.3, 0.4) is 0 Å². The molecule has 0 amide bonds. The third kappa shape index (κ3) is 3.14. The smallest absolute Gasteiger partial charge is 0.253 e. The Kier molecular flexibility index (Phi) is 4.34. The number of nitrogens with one attached hydrogen (secondary N) is 2. The largest absolute Gasteiger partial charge is 0.342 e. The SMILES string of the molecule is C=C1C(=N[C@@H](C)c2cc3cc(Cl)ccc3[nH]c2=O)NC=C(C#N)N1C. The fourth-order valence-electron chi connectivity index (χ4n) is 2.61. The number of halogens is 1. The van der Waals surface area contributed by atoms with Crippen LogP contribution in [0.2, 0.25) is 5.02 Å². The number of aliphatic imine (C=N–C) groups is 1. The number of amidine groups is 1. The third-order valence-electron chi connectivity index (χ3n) is 4.11. The van der Waals surface area contributed by atoms with Crippen molar-refractivity contribution in [3.8, 4) is 6.07 Å². The highest BCUT2D eigenvalue weighted by Crippen LogP contribution is 2.22. The van der Waals surface area contributed by atoms with E-state index in [-0.39, 0.29) is 5.56 Å². The number of likely N-dealkylation sites (N-methyl/N-ethyl adjacent to an activating group) is 1. The Morgan fingerprint density at radius 3 is 2.88 bits per heavy atom. The zero-order chi connectivity index (χ0) is 18.1. The number of nitrogens with zero attached hydrogens (tertiary/aromatic N) is 3. The molecule has 126 valence electrons. The van der Waals surface area contributed by atoms with E-state index in [4.69, 9.17) is 16.9 Å². The molecular formula is C18H16ClN5O. The molecular weight excluding hydrogens is 338 g/mol. The number of hydrogen-bond acceptors (Lipinski definition) is 4. The van der Waals surface area contributed by atoms with E-state index in [1.54, 1.807) is 42.4 Å². The van der Waals surface area contributed by atoms with Crippen LogP contribution in [-0.2, 0) is 0 Å². The summed E-state index contributed by atoms with van der Waals surface area (Å²) >= 11 is 6.03. The van der Waals surface area contributed by atoms with E-state index < -0.39 is 6.04 Å². The first-order valence-electron chi connectivity index (χ1n) is 7.61. The third-order valence-corrected chi connectivity index (χ3v) is 4.34. The van der Waals surface area contributed by atoms with Crippen LogP contribution in [0.5, 0.6) is 0 Å². The van der Waals surface area contributed by atoms with Crippen molar-refractivity contribution >= 4 is 28.3 Å². The minimum absolute atomic E-state index is 0.199. The summed E-state index contributed by atoms with van der Waals surface area (Å²) in [7, 11) is 1.74. The van der Waals surface area contributed by atoms with Crippen molar-refractivity contribution < 1.29 is 0 Å². The summed E-state index contributed by atoms with van der Waals surface area (Å²) in [5.74, 6) is 0.514. The van der Waals surface area contributed by atoms with Gasteiger partial charge >= 0.3 is 0 Å². The number of benzene rings is 1. The van der Waals surface area contributed by atoms with Gasteiger partial charge in [-0.2, -0.15) is 5.26 Å². The molecule has 1 aromatic carbocycles. The van der Waals surface area contributed by atoms with Crippen molar-refractivity contribution in [2.24, 2.45) is 4.99 Å². The Balaban J connectivity index is 2.00. The Labute approximate surface area is 149 Å². The van der Waals surface area contributed by atoms with Gasteiger partial charge in [0.05, 0.1) is 11.7 Å². The lowest BCUT2D eigenvalue weighted by atomic mass is 10.1. The van der Waals surface area contributed by atoms with Gasteiger partial charge in [-0.1, -0.05) is 18.2 Å². The van der Waals surface area contributed by atoms with Crippen molar-refractivity contribution in [1.82, 2.24) is 15.2 Å². The molecule has 0 aliphatic carbocycles. The topological polar surface area (TPSA) is 84.3 Å². The Bertz CT molecular complexity index is 1030. The van der Waals surface area contributed by atoms with E-state index in [9.17, 15) is 4.79 Å². The second-order valence-electron chi connectivity index (χ2n) is 5.73. The van der Waals surface area contributed by atoms with Gasteiger partial charge in [0.2, 0.25) is 0 Å². The number of aromatic amines is 1. The van der Waals surface area contributed by atoms with Crippen molar-refractivity contribution in [3.05, 3.63) is 69.4 Å². The normalized spacial score (nSPS) is 17.2. The van der Waals surface area contributed by atoms with Crippen LogP contribution in [0.1, 0.15) is 18.5 Å². The van der Waals surface area contributed by atoms with E-state index in [1.807, 2.05) is 6.92 Å². The zero-order valence-electron chi connectivity index (χ0n) is 13.8. The van der Waals surface area contributed by atoms with Gasteiger partial charge in [-0.05, 0) is 31.2 Å². The molecule has 1 aliphatic heterocycles. The highest BCUT2D eigenvalue weighted by molar-refractivity contribution is 6.31. The first-order valence-corrected chi connectivity index (χ1v) is 7.98. The molecule has 6 nitrogen and oxygen atoms in total. The van der Waals surface area contributed by atoms with Crippen LogP contribution in [-0.4, -0.2) is 22.8 Å². The van der Waals surface area contributed by atoms with Crippen LogP contribution in [0, 0.1) is 11.3 Å². The average Bonchev–Trinajstić information content (AvgIpc) is 2.59. The lowest BCUT2D eigenvalue weighted by Gasteiger charge is -2.27. The summed E-state index contributed by atoms with van der Waals surface area (Å²) in [4.78, 5) is 21.4. The molecule has 1 atom stereocenters. The molecule has 0 bridgehead atoms. The number of rotatable bonds is 2. The zero-order valence-corrected chi connectivity index (χ0v) is 14.6. The summed E-state index contributed by atoms with van der Waals surface area (Å²) < 4.78 is 0. The molecule has 0 spiro atoms. The van der Waals surface area contributed by atoms with Crippen LogP contribution in [0.25, 0.3) is 10.9 Å². The number of pyridine rings is 1. The Hall–Kier alpha value is -3.04. The van der Waals surface area contributed by atoms with Crippen molar-refractivity contribution in [1.29, 1.82) is 5.26 Å². The van der Waals surface area contributed by atoms with Crippen LogP contribution < -0.4 is 10.9 Å². The molecule has 0 fully saturated rings. The van der Waals surface area contributed by atoms with Gasteiger partial charge in [0.1, 0.15) is 17.6 Å². The second kappa shape index (κ2) is 6.46. The minimum Gasteiger partial charge on any atom is -0.342 e. The van der Waals surface area contributed by atoms with E-state index in [0.717, 1.165) is 10.9 Å². The summed E-state index contributed by atoms with van der Waals surface area (Å²) in [6.45, 7) is 5.77. The molecule has 0 radical (unpaired) electrons. The molecule has 25 heavy (non-hydrogen) atoms. The van der Waals surface area contributed by atoms with Crippen molar-refractivity contribution in [2.75, 3.05) is 7.05 Å². The monoisotopic (exact) mass is 353 g/mol. The van der Waals surface area contributed by atoms with Crippen molar-refractivity contribution in [2.45, 2.75) is 13.0 Å². The average molecular weight is 354 g/mol. The number of nitriles is 1. The van der Waals surface area contributed by atoms with Gasteiger partial charge < -0.3 is 15.2 Å². The number of fused-ring (bicyclic) bond motifs is 1. The molecule has 0 saturated heterocycles. The number of H-pyrrole nitrogens is 1. The number of allylic oxidation sites excluding steroid dienone is 1. The van der Waals surface area contributed by atoms with Crippen LogP contribution >= 0.6 is 11.6 Å². The molecule has 2 aromatic rings. The summed E-state index contributed by atoms with van der Waals surface area (Å²) in [6, 6.07) is 8.75. The van der Waals surface area contributed by atoms with Crippen molar-refractivity contribution in [3.63, 3.8) is 0 Å². The van der Waals surface area contributed by atoms with E-state index >= 15 is 0 Å². The van der Waals surface area contributed by atoms with Gasteiger partial charge in [-0.25, -0.2) is 0 Å². The summed E-state index contributed by atoms with van der Waals surface area (Å²) in [5, 5.41) is 13.4. The van der Waals surface area contributed by atoms with E-state index in [0.29, 0.717) is 27.8 Å². The van der Waals surface area contributed by atoms with E-state index in [1.165, 1.54) is 0 Å². The van der Waals surface area contributed by atoms with Gasteiger partial charge in [-0.15, -0.1) is 0 Å². The maximum Gasteiger partial charge on any atom is 0.253 e. The molecule has 1 aliphatic rings. The molecule has 1 aromatic heterocycles. The van der Waals surface area contributed by atoms with Gasteiger partial charge in [-0.3, -0.25) is 9.79 Å². The number of aromatic nitrogens is 1. The predicted molar refractivity (Wildman–Crippen MR) is 99.2 cm³/mol. The van der Waals surface area contributed by atoms with Crippen LogP contribution in [0.15, 0.2) is 58.2 Å². The summed E-state index contributed by atoms with van der Waals surface area (Å²) in [6.07, 6.45) is 1.56. The molecule has 2 heterocycles. The lowest BCUT2D eigenvalue weighted by Crippen LogP contribution is -2.35. The standard InChI is InChI=1S/C18H16ClN5O/c1-10(22-17-11(2)24(3)14(8-20)9-21-17)15-7-12-6-13(19)4-5-16(12)23-18(15)25/h4-7,9-10H,2H2,1,3H3,(H,21,22)(H,23,25)/t10-/m0/s1. The first kappa shape index (κ1) is 16.8. The molecule has 3 rings (SSSR count). The lowest BCUT2D eigenvalue weighted by molar-refractivity contribution is 0.549. The molecule has 0 unspecified atom stereocenters. The second-order valence-corrected chi connectivity index (χ2v) is 6.17. The highest BCUT2D eigenvalue weighted by Gasteiger charge is 2.20. The number of hydrogen-bond donors (Lipinski definition) is 2. The van der Waals surface area contributed by atoms with Crippen LogP contribution in [0.4, 0.5) is 0 Å². The molecule has 7 heteroatoms. The fraction of sp³-hybridized carbons (Fsp3) is 0.167. The first-order chi connectivity index (χ1) is 11.9. The maximum absolute atomic E-state index is 12.4. The van der Waals surface area contributed by atoms with Gasteiger partial charge in [0.15, 0.2) is 0 Å². The fourth-order valence-corrected chi connectivity index (χ4v) is 2.79. The highest BCUT2D eigenvalue weighted by atomic mass is 35.5. The molecule has 0 saturated carbocycles. The quantitative estimate of drug-likeness (QED) is 0.869. The summed E-state index contributed by atoms with van der Waals surface area (Å²) in [5.41, 5.74) is 2.05. The van der Waals surface area contributed by atoms with Gasteiger partial charge in [0, 0.05) is 34.7 Å². The minimum atomic E-state index is -0.406. The maximum atomic E-state index is 12.4. The van der Waals surface area contributed by atoms with Gasteiger partial charge in [0.25, 0.3) is 5.56 Å². The Morgan fingerprint density at radius 1 is 1.40 bits per heavy atom. The Morgan fingerprint density at radius 2 is 2.16 bits per heavy atom. The van der Waals surface area contributed by atoms with E-state index in [2.05, 4.69) is 27.9 Å².